The van der Waals surface area contributed by atoms with Gasteiger partial charge in [-0.2, -0.15) is 0 Å². The van der Waals surface area contributed by atoms with E-state index >= 15 is 0 Å². The van der Waals surface area contributed by atoms with Gasteiger partial charge in [-0.1, -0.05) is 12.8 Å². The van der Waals surface area contributed by atoms with Crippen LogP contribution in [-0.4, -0.2) is 41.7 Å². The Balaban J connectivity index is 1.84. The van der Waals surface area contributed by atoms with Crippen molar-refractivity contribution in [2.45, 2.75) is 38.2 Å². The lowest BCUT2D eigenvalue weighted by Gasteiger charge is -2.36. The summed E-state index contributed by atoms with van der Waals surface area (Å²) >= 11 is 0. The molecule has 0 aromatic heterocycles. The zero-order valence-corrected chi connectivity index (χ0v) is 9.77. The number of rotatable bonds is 4. The lowest BCUT2D eigenvalue weighted by Crippen LogP contribution is -2.46. The molecule has 1 heterocycles. The van der Waals surface area contributed by atoms with Crippen LogP contribution in [0.3, 0.4) is 0 Å². The first-order chi connectivity index (χ1) is 7.70. The Morgan fingerprint density at radius 3 is 2.75 bits per heavy atom. The van der Waals surface area contributed by atoms with Crippen molar-refractivity contribution in [3.05, 3.63) is 0 Å². The van der Waals surface area contributed by atoms with Crippen LogP contribution in [-0.2, 0) is 4.79 Å². The predicted molar refractivity (Wildman–Crippen MR) is 61.7 cm³/mol. The van der Waals surface area contributed by atoms with Crippen LogP contribution in [0.15, 0.2) is 0 Å². The Bertz CT molecular complexity index is 253. The van der Waals surface area contributed by atoms with Crippen LogP contribution in [0.4, 0.5) is 0 Å². The predicted octanol–water partition coefficient (Wildman–Crippen LogP) is 0.345. The number of nitrogens with zero attached hydrogens (tertiary/aromatic N) is 1. The summed E-state index contributed by atoms with van der Waals surface area (Å²) in [5.41, 5.74) is 5.39. The summed E-state index contributed by atoms with van der Waals surface area (Å²) in [6, 6.07) is 0. The maximum absolute atomic E-state index is 11.7. The zero-order chi connectivity index (χ0) is 11.5. The van der Waals surface area contributed by atoms with Gasteiger partial charge in [0, 0.05) is 32.0 Å². The van der Waals surface area contributed by atoms with E-state index in [-0.39, 0.29) is 12.0 Å². The molecule has 4 nitrogen and oxygen atoms in total. The molecule has 0 unspecified atom stereocenters. The van der Waals surface area contributed by atoms with Crippen molar-refractivity contribution in [3.63, 3.8) is 0 Å². The number of aliphatic hydroxyl groups is 1. The Hall–Kier alpha value is -0.610. The third kappa shape index (κ3) is 2.95. The molecule has 1 aliphatic heterocycles. The molecule has 0 aromatic carbocycles. The molecule has 0 radical (unpaired) electrons. The Kier molecular flexibility index (Phi) is 3.82. The zero-order valence-electron chi connectivity index (χ0n) is 9.77. The van der Waals surface area contributed by atoms with Crippen molar-refractivity contribution in [2.24, 2.45) is 17.6 Å². The van der Waals surface area contributed by atoms with Gasteiger partial charge < -0.3 is 15.7 Å². The number of amides is 1. The fourth-order valence-corrected chi connectivity index (χ4v) is 2.54. The normalized spacial score (nSPS) is 30.5. The first-order valence-corrected chi connectivity index (χ1v) is 6.36. The largest absolute Gasteiger partial charge is 0.393 e. The fourth-order valence-electron chi connectivity index (χ4n) is 2.54. The van der Waals surface area contributed by atoms with Crippen molar-refractivity contribution >= 4 is 5.91 Å². The highest BCUT2D eigenvalue weighted by atomic mass is 16.3. The number of aliphatic hydroxyl groups excluding tert-OH is 1. The first-order valence-electron chi connectivity index (χ1n) is 6.36. The summed E-state index contributed by atoms with van der Waals surface area (Å²) in [6.45, 7) is 1.85. The van der Waals surface area contributed by atoms with E-state index in [2.05, 4.69) is 0 Å². The van der Waals surface area contributed by atoms with Gasteiger partial charge in [0.15, 0.2) is 0 Å². The molecule has 0 spiro atoms. The highest BCUT2D eigenvalue weighted by Crippen LogP contribution is 2.37. The van der Waals surface area contributed by atoms with Crippen LogP contribution in [0.2, 0.25) is 0 Å². The van der Waals surface area contributed by atoms with Crippen molar-refractivity contribution in [1.82, 2.24) is 4.90 Å². The second-order valence-electron chi connectivity index (χ2n) is 5.17. The maximum Gasteiger partial charge on any atom is 0.223 e. The molecule has 1 amide bonds. The van der Waals surface area contributed by atoms with E-state index in [9.17, 15) is 9.90 Å². The highest BCUT2D eigenvalue weighted by molar-refractivity contribution is 5.76. The number of carbonyl (C=O) groups excluding carboxylic acids is 1. The minimum absolute atomic E-state index is 0.148. The van der Waals surface area contributed by atoms with Gasteiger partial charge in [-0.15, -0.1) is 0 Å². The second kappa shape index (κ2) is 5.15. The van der Waals surface area contributed by atoms with Gasteiger partial charge in [-0.3, -0.25) is 4.79 Å². The Morgan fingerprint density at radius 1 is 1.38 bits per heavy atom. The fraction of sp³-hybridized carbons (Fsp3) is 0.917. The summed E-state index contributed by atoms with van der Waals surface area (Å²) in [6.07, 6.45) is 4.66. The smallest absolute Gasteiger partial charge is 0.223 e. The van der Waals surface area contributed by atoms with Gasteiger partial charge in [-0.25, -0.2) is 0 Å². The lowest BCUT2D eigenvalue weighted by atomic mass is 9.89. The summed E-state index contributed by atoms with van der Waals surface area (Å²) < 4.78 is 0. The minimum atomic E-state index is -0.206. The molecule has 1 saturated heterocycles. The average Bonchev–Trinajstić information content (AvgIpc) is 3.05. The first kappa shape index (κ1) is 11.9. The van der Waals surface area contributed by atoms with E-state index in [1.165, 1.54) is 12.8 Å². The standard InChI is InChI=1S/C12H22N2O2/c13-5-3-12(16)14-6-4-11(15)10(8-14)7-9-1-2-9/h9-11,15H,1-8,13H2/t10-,11-/m0/s1. The lowest BCUT2D eigenvalue weighted by molar-refractivity contribution is -0.134. The molecule has 2 atom stereocenters. The van der Waals surface area contributed by atoms with Crippen LogP contribution in [0.5, 0.6) is 0 Å². The molecule has 0 bridgehead atoms. The molecule has 1 aliphatic carbocycles. The average molecular weight is 226 g/mol. The van der Waals surface area contributed by atoms with Crippen molar-refractivity contribution in [1.29, 1.82) is 0 Å². The number of hydrogen-bond acceptors (Lipinski definition) is 3. The van der Waals surface area contributed by atoms with E-state index < -0.39 is 0 Å². The van der Waals surface area contributed by atoms with Crippen molar-refractivity contribution < 1.29 is 9.90 Å². The number of nitrogens with two attached hydrogens (primary N) is 1. The summed E-state index contributed by atoms with van der Waals surface area (Å²) in [5.74, 6) is 1.25. The molecule has 2 rings (SSSR count). The third-order valence-electron chi connectivity index (χ3n) is 3.74. The molecular formula is C12H22N2O2. The monoisotopic (exact) mass is 226 g/mol. The van der Waals surface area contributed by atoms with Crippen molar-refractivity contribution in [3.8, 4) is 0 Å². The Labute approximate surface area is 96.8 Å². The molecule has 3 N–H and O–H groups in total. The van der Waals surface area contributed by atoms with Gasteiger partial charge in [-0.05, 0) is 18.8 Å². The van der Waals surface area contributed by atoms with Gasteiger partial charge >= 0.3 is 0 Å². The topological polar surface area (TPSA) is 66.6 Å². The summed E-state index contributed by atoms with van der Waals surface area (Å²) in [4.78, 5) is 13.6. The molecule has 92 valence electrons. The molecular weight excluding hydrogens is 204 g/mol. The summed E-state index contributed by atoms with van der Waals surface area (Å²) in [5, 5.41) is 9.91. The van der Waals surface area contributed by atoms with E-state index in [0.717, 1.165) is 25.3 Å². The van der Waals surface area contributed by atoms with Crippen molar-refractivity contribution in [2.75, 3.05) is 19.6 Å². The van der Waals surface area contributed by atoms with E-state index in [1.54, 1.807) is 0 Å². The molecule has 4 heteroatoms. The van der Waals surface area contributed by atoms with Gasteiger partial charge in [0.2, 0.25) is 5.91 Å². The molecule has 2 fully saturated rings. The quantitative estimate of drug-likeness (QED) is 0.726. The maximum atomic E-state index is 11.7. The summed E-state index contributed by atoms with van der Waals surface area (Å²) in [7, 11) is 0. The minimum Gasteiger partial charge on any atom is -0.393 e. The molecule has 1 saturated carbocycles. The van der Waals surface area contributed by atoms with Gasteiger partial charge in [0.25, 0.3) is 0 Å². The highest BCUT2D eigenvalue weighted by Gasteiger charge is 2.34. The molecule has 16 heavy (non-hydrogen) atoms. The second-order valence-corrected chi connectivity index (χ2v) is 5.17. The number of likely N-dealkylation sites (tertiary alicyclic amines) is 1. The SMILES string of the molecule is NCCC(=O)N1CC[C@H](O)[C@@H](CC2CC2)C1. The van der Waals surface area contributed by atoms with E-state index in [1.807, 2.05) is 4.90 Å². The van der Waals surface area contributed by atoms with Gasteiger partial charge in [0.1, 0.15) is 0 Å². The number of piperidine rings is 1. The van der Waals surface area contributed by atoms with Crippen LogP contribution in [0.1, 0.15) is 32.1 Å². The van der Waals surface area contributed by atoms with Crippen LogP contribution in [0, 0.1) is 11.8 Å². The van der Waals surface area contributed by atoms with E-state index in [4.69, 9.17) is 5.73 Å². The molecule has 0 aromatic rings. The van der Waals surface area contributed by atoms with E-state index in [0.29, 0.717) is 25.4 Å². The van der Waals surface area contributed by atoms with Gasteiger partial charge in [0.05, 0.1) is 6.10 Å². The van der Waals surface area contributed by atoms with Crippen LogP contribution >= 0.6 is 0 Å². The third-order valence-corrected chi connectivity index (χ3v) is 3.74. The van der Waals surface area contributed by atoms with Crippen LogP contribution < -0.4 is 5.73 Å². The Morgan fingerprint density at radius 2 is 2.12 bits per heavy atom. The molecule has 2 aliphatic rings. The number of hydrogen-bond donors (Lipinski definition) is 2. The number of carbonyl (C=O) groups is 1. The van der Waals surface area contributed by atoms with Crippen LogP contribution in [0.25, 0.3) is 0 Å².